The first-order valence-corrected chi connectivity index (χ1v) is 5.77. The number of carbonyl (C=O) groups is 1. The van der Waals surface area contributed by atoms with Crippen molar-refractivity contribution >= 4 is 6.03 Å². The van der Waals surface area contributed by atoms with Crippen molar-refractivity contribution in [1.29, 1.82) is 0 Å². The Morgan fingerprint density at radius 2 is 1.94 bits per heavy atom. The van der Waals surface area contributed by atoms with Crippen molar-refractivity contribution in [3.63, 3.8) is 0 Å². The molecule has 5 nitrogen and oxygen atoms in total. The number of hydrogen-bond donors (Lipinski definition) is 3. The second kappa shape index (κ2) is 8.35. The number of carbonyl (C=O) groups excluding carboxylic acids is 1. The molecule has 0 fully saturated rings. The number of urea groups is 1. The van der Waals surface area contributed by atoms with Gasteiger partial charge in [0.05, 0.1) is 6.61 Å². The van der Waals surface area contributed by atoms with Crippen LogP contribution in [0.15, 0.2) is 0 Å². The van der Waals surface area contributed by atoms with Crippen LogP contribution in [0.2, 0.25) is 0 Å². The van der Waals surface area contributed by atoms with Crippen molar-refractivity contribution in [3.8, 4) is 0 Å². The van der Waals surface area contributed by atoms with Crippen LogP contribution in [0.25, 0.3) is 0 Å². The zero-order chi connectivity index (χ0) is 12.4. The van der Waals surface area contributed by atoms with Gasteiger partial charge in [0.1, 0.15) is 0 Å². The molecule has 0 aliphatic rings. The van der Waals surface area contributed by atoms with Gasteiger partial charge >= 0.3 is 6.03 Å². The average Bonchev–Trinajstić information content (AvgIpc) is 2.22. The lowest BCUT2D eigenvalue weighted by Gasteiger charge is -2.24. The Balaban J connectivity index is 3.44. The summed E-state index contributed by atoms with van der Waals surface area (Å²) >= 11 is 0. The van der Waals surface area contributed by atoms with E-state index in [0.29, 0.717) is 13.2 Å². The first kappa shape index (κ1) is 15.2. The summed E-state index contributed by atoms with van der Waals surface area (Å²) in [6.45, 7) is 8.92. The highest BCUT2D eigenvalue weighted by Gasteiger charge is 2.16. The minimum absolute atomic E-state index is 0.111. The fourth-order valence-electron chi connectivity index (χ4n) is 1.00. The van der Waals surface area contributed by atoms with Crippen molar-refractivity contribution in [2.75, 3.05) is 33.4 Å². The van der Waals surface area contributed by atoms with Gasteiger partial charge in [-0.15, -0.1) is 0 Å². The summed E-state index contributed by atoms with van der Waals surface area (Å²) in [5, 5.41) is 8.85. The molecule has 0 rings (SSSR count). The predicted octanol–water partition coefficient (Wildman–Crippen LogP) is 0.710. The van der Waals surface area contributed by atoms with E-state index in [1.807, 2.05) is 20.8 Å². The minimum Gasteiger partial charge on any atom is -0.383 e. The summed E-state index contributed by atoms with van der Waals surface area (Å²) in [5.41, 5.74) is -0.145. The van der Waals surface area contributed by atoms with Gasteiger partial charge in [-0.05, 0) is 20.3 Å². The summed E-state index contributed by atoms with van der Waals surface area (Å²) in [6.07, 6.45) is 0.909. The highest BCUT2D eigenvalue weighted by Crippen LogP contribution is 2.05. The van der Waals surface area contributed by atoms with Crippen LogP contribution in [-0.2, 0) is 4.74 Å². The van der Waals surface area contributed by atoms with E-state index in [1.54, 1.807) is 7.11 Å². The van der Waals surface area contributed by atoms with Gasteiger partial charge in [-0.3, -0.25) is 0 Å². The lowest BCUT2D eigenvalue weighted by Crippen LogP contribution is -2.49. The fraction of sp³-hybridized carbons (Fsp3) is 0.909. The normalized spacial score (nSPS) is 11.2. The number of hydrogen-bond acceptors (Lipinski definition) is 3. The second-order valence-corrected chi connectivity index (χ2v) is 4.36. The van der Waals surface area contributed by atoms with Gasteiger partial charge in [-0.1, -0.05) is 6.92 Å². The highest BCUT2D eigenvalue weighted by molar-refractivity contribution is 5.74. The van der Waals surface area contributed by atoms with E-state index in [4.69, 9.17) is 4.74 Å². The van der Waals surface area contributed by atoms with Crippen molar-refractivity contribution in [2.45, 2.75) is 32.7 Å². The molecular weight excluding hydrogens is 206 g/mol. The van der Waals surface area contributed by atoms with Gasteiger partial charge in [0.25, 0.3) is 0 Å². The van der Waals surface area contributed by atoms with Crippen LogP contribution in [0.5, 0.6) is 0 Å². The summed E-state index contributed by atoms with van der Waals surface area (Å²) in [6, 6.07) is -0.111. The molecular formula is C11H25N3O2. The lowest BCUT2D eigenvalue weighted by atomic mass is 10.0. The van der Waals surface area contributed by atoms with Crippen LogP contribution < -0.4 is 16.0 Å². The standard InChI is InChI=1S/C11H25N3O2/c1-5-11(2,3)14-10(15)13-7-6-12-8-9-16-4/h12H,5-9H2,1-4H3,(H2,13,14,15). The lowest BCUT2D eigenvalue weighted by molar-refractivity contribution is 0.199. The molecule has 0 radical (unpaired) electrons. The van der Waals surface area contributed by atoms with Crippen LogP contribution in [0.1, 0.15) is 27.2 Å². The monoisotopic (exact) mass is 231 g/mol. The summed E-state index contributed by atoms with van der Waals surface area (Å²) < 4.78 is 4.89. The maximum Gasteiger partial charge on any atom is 0.315 e. The fourth-order valence-corrected chi connectivity index (χ4v) is 1.00. The van der Waals surface area contributed by atoms with Crippen LogP contribution in [0.4, 0.5) is 4.79 Å². The van der Waals surface area contributed by atoms with E-state index < -0.39 is 0 Å². The number of ether oxygens (including phenoxy) is 1. The molecule has 96 valence electrons. The molecule has 0 bridgehead atoms. The van der Waals surface area contributed by atoms with E-state index >= 15 is 0 Å². The molecule has 0 heterocycles. The Bertz CT molecular complexity index is 196. The molecule has 0 atom stereocenters. The van der Waals surface area contributed by atoms with E-state index in [-0.39, 0.29) is 11.6 Å². The van der Waals surface area contributed by atoms with Crippen LogP contribution in [0, 0.1) is 0 Å². The summed E-state index contributed by atoms with van der Waals surface area (Å²) in [5.74, 6) is 0. The molecule has 0 aliphatic carbocycles. The molecule has 0 saturated carbocycles. The molecule has 3 N–H and O–H groups in total. The number of amides is 2. The second-order valence-electron chi connectivity index (χ2n) is 4.36. The van der Waals surface area contributed by atoms with E-state index in [0.717, 1.165) is 19.5 Å². The number of methoxy groups -OCH3 is 1. The third kappa shape index (κ3) is 8.49. The molecule has 16 heavy (non-hydrogen) atoms. The van der Waals surface area contributed by atoms with Gasteiger partial charge in [0.15, 0.2) is 0 Å². The molecule has 0 aromatic rings. The molecule has 0 aliphatic heterocycles. The smallest absolute Gasteiger partial charge is 0.315 e. The first-order chi connectivity index (χ1) is 7.52. The molecule has 0 aromatic heterocycles. The first-order valence-electron chi connectivity index (χ1n) is 5.77. The van der Waals surface area contributed by atoms with E-state index in [2.05, 4.69) is 16.0 Å². The van der Waals surface area contributed by atoms with Gasteiger partial charge < -0.3 is 20.7 Å². The molecule has 2 amide bonds. The Morgan fingerprint density at radius 3 is 2.50 bits per heavy atom. The largest absolute Gasteiger partial charge is 0.383 e. The Hall–Kier alpha value is -0.810. The summed E-state index contributed by atoms with van der Waals surface area (Å²) in [4.78, 5) is 11.4. The Morgan fingerprint density at radius 1 is 1.25 bits per heavy atom. The van der Waals surface area contributed by atoms with E-state index in [9.17, 15) is 4.79 Å². The Kier molecular flexibility index (Phi) is 7.93. The van der Waals surface area contributed by atoms with Gasteiger partial charge in [0.2, 0.25) is 0 Å². The van der Waals surface area contributed by atoms with Crippen molar-refractivity contribution in [2.24, 2.45) is 0 Å². The number of rotatable bonds is 8. The Labute approximate surface area is 98.3 Å². The zero-order valence-electron chi connectivity index (χ0n) is 10.9. The van der Waals surface area contributed by atoms with Crippen LogP contribution in [0.3, 0.4) is 0 Å². The highest BCUT2D eigenvalue weighted by atomic mass is 16.5. The van der Waals surface area contributed by atoms with Crippen LogP contribution >= 0.6 is 0 Å². The van der Waals surface area contributed by atoms with Gasteiger partial charge in [-0.2, -0.15) is 0 Å². The zero-order valence-corrected chi connectivity index (χ0v) is 10.9. The minimum atomic E-state index is -0.145. The van der Waals surface area contributed by atoms with Crippen molar-refractivity contribution in [3.05, 3.63) is 0 Å². The van der Waals surface area contributed by atoms with Gasteiger partial charge in [0, 0.05) is 32.3 Å². The van der Waals surface area contributed by atoms with Crippen molar-refractivity contribution in [1.82, 2.24) is 16.0 Å². The molecule has 0 unspecified atom stereocenters. The maximum absolute atomic E-state index is 11.4. The quantitative estimate of drug-likeness (QED) is 0.539. The number of nitrogens with one attached hydrogen (secondary N) is 3. The van der Waals surface area contributed by atoms with Crippen LogP contribution in [-0.4, -0.2) is 44.9 Å². The third-order valence-corrected chi connectivity index (χ3v) is 2.41. The van der Waals surface area contributed by atoms with Gasteiger partial charge in [-0.25, -0.2) is 4.79 Å². The third-order valence-electron chi connectivity index (χ3n) is 2.41. The molecule has 0 aromatic carbocycles. The topological polar surface area (TPSA) is 62.4 Å². The molecule has 0 spiro atoms. The average molecular weight is 231 g/mol. The molecule has 0 saturated heterocycles. The predicted molar refractivity (Wildman–Crippen MR) is 65.7 cm³/mol. The maximum atomic E-state index is 11.4. The van der Waals surface area contributed by atoms with E-state index in [1.165, 1.54) is 0 Å². The SMILES string of the molecule is CCC(C)(C)NC(=O)NCCNCCOC. The van der Waals surface area contributed by atoms with Crippen molar-refractivity contribution < 1.29 is 9.53 Å². The summed E-state index contributed by atoms with van der Waals surface area (Å²) in [7, 11) is 1.67. The molecule has 5 heteroatoms.